The lowest BCUT2D eigenvalue weighted by Crippen LogP contribution is -2.21. The molecule has 0 saturated heterocycles. The van der Waals surface area contributed by atoms with Crippen molar-refractivity contribution >= 4 is 0 Å². The molecule has 0 spiro atoms. The molecule has 0 aromatic rings. The zero-order valence-corrected chi connectivity index (χ0v) is 5.12. The molecule has 0 N–H and O–H groups in total. The van der Waals surface area contributed by atoms with Crippen molar-refractivity contribution in [3.63, 3.8) is 0 Å². The minimum Gasteiger partial charge on any atom is -0.244 e. The van der Waals surface area contributed by atoms with Gasteiger partial charge in [-0.05, 0) is 19.8 Å². The smallest absolute Gasteiger partial charge is 0.111 e. The van der Waals surface area contributed by atoms with Crippen molar-refractivity contribution in [3.05, 3.63) is 6.92 Å². The van der Waals surface area contributed by atoms with Crippen molar-refractivity contribution in [2.75, 3.05) is 0 Å². The lowest BCUT2D eigenvalue weighted by atomic mass is 9.88. The van der Waals surface area contributed by atoms with E-state index in [1.807, 2.05) is 0 Å². The first-order valence-electron chi connectivity index (χ1n) is 3.25. The molecule has 8 heavy (non-hydrogen) atoms. The molecule has 0 aromatic heterocycles. The fraction of sp³-hybridized carbons (Fsp3) is 0.857. The maximum atomic E-state index is 12.8. The second kappa shape index (κ2) is 2.04. The quantitative estimate of drug-likeness (QED) is 0.455. The highest BCUT2D eigenvalue weighted by Gasteiger charge is 2.25. The molecule has 0 atom stereocenters. The number of hydrogen-bond acceptors (Lipinski definition) is 0. The van der Waals surface area contributed by atoms with Crippen LogP contribution in [0.2, 0.25) is 0 Å². The van der Waals surface area contributed by atoms with Gasteiger partial charge in [0.15, 0.2) is 0 Å². The van der Waals surface area contributed by atoms with Gasteiger partial charge < -0.3 is 0 Å². The van der Waals surface area contributed by atoms with Crippen LogP contribution in [0.15, 0.2) is 0 Å². The summed E-state index contributed by atoms with van der Waals surface area (Å²) in [4.78, 5) is 0. The highest BCUT2D eigenvalue weighted by atomic mass is 19.1. The maximum Gasteiger partial charge on any atom is 0.111 e. The van der Waals surface area contributed by atoms with Crippen LogP contribution in [0.3, 0.4) is 0 Å². The van der Waals surface area contributed by atoms with Crippen LogP contribution < -0.4 is 0 Å². The van der Waals surface area contributed by atoms with Crippen molar-refractivity contribution in [1.29, 1.82) is 0 Å². The SMILES string of the molecule is [CH2]C1(F)CCCCC1. The topological polar surface area (TPSA) is 0 Å². The average Bonchev–Trinajstić information content (AvgIpc) is 1.65. The van der Waals surface area contributed by atoms with Crippen molar-refractivity contribution in [1.82, 2.24) is 0 Å². The van der Waals surface area contributed by atoms with E-state index in [9.17, 15) is 4.39 Å². The van der Waals surface area contributed by atoms with Gasteiger partial charge in [-0.25, -0.2) is 4.39 Å². The molecule has 0 heterocycles. The third kappa shape index (κ3) is 1.46. The van der Waals surface area contributed by atoms with Crippen molar-refractivity contribution in [2.24, 2.45) is 0 Å². The Hall–Kier alpha value is -0.0700. The zero-order chi connectivity index (χ0) is 6.04. The van der Waals surface area contributed by atoms with E-state index in [1.54, 1.807) is 0 Å². The van der Waals surface area contributed by atoms with Gasteiger partial charge in [-0.3, -0.25) is 0 Å². The molecule has 1 rings (SSSR count). The molecule has 0 aromatic carbocycles. The second-order valence-electron chi connectivity index (χ2n) is 2.71. The summed E-state index contributed by atoms with van der Waals surface area (Å²) in [5, 5.41) is 0. The summed E-state index contributed by atoms with van der Waals surface area (Å²) in [6.07, 6.45) is 4.60. The van der Waals surface area contributed by atoms with Crippen LogP contribution in [0.4, 0.5) is 4.39 Å². The Labute approximate surface area is 50.1 Å². The van der Waals surface area contributed by atoms with Crippen LogP contribution in [-0.2, 0) is 0 Å². The number of rotatable bonds is 0. The monoisotopic (exact) mass is 115 g/mol. The Morgan fingerprint density at radius 3 is 1.88 bits per heavy atom. The highest BCUT2D eigenvalue weighted by Crippen LogP contribution is 2.30. The molecule has 1 heteroatoms. The van der Waals surface area contributed by atoms with Gasteiger partial charge in [0.1, 0.15) is 5.67 Å². The highest BCUT2D eigenvalue weighted by molar-refractivity contribution is 4.84. The second-order valence-corrected chi connectivity index (χ2v) is 2.71. The summed E-state index contributed by atoms with van der Waals surface area (Å²) in [7, 11) is 0. The van der Waals surface area contributed by atoms with Crippen molar-refractivity contribution in [2.45, 2.75) is 37.8 Å². The number of hydrogen-bond donors (Lipinski definition) is 0. The summed E-state index contributed by atoms with van der Waals surface area (Å²) in [5.74, 6) is 0. The Kier molecular flexibility index (Phi) is 1.54. The molecule has 1 aliphatic carbocycles. The molecule has 0 bridgehead atoms. The van der Waals surface area contributed by atoms with Crippen molar-refractivity contribution in [3.8, 4) is 0 Å². The molecule has 0 unspecified atom stereocenters. The lowest BCUT2D eigenvalue weighted by molar-refractivity contribution is 0.160. The van der Waals surface area contributed by atoms with E-state index < -0.39 is 5.67 Å². The fourth-order valence-corrected chi connectivity index (χ4v) is 1.19. The van der Waals surface area contributed by atoms with Gasteiger partial charge in [0.25, 0.3) is 0 Å². The molecule has 1 saturated carbocycles. The molecule has 0 aliphatic heterocycles. The minimum absolute atomic E-state index is 0.674. The zero-order valence-electron chi connectivity index (χ0n) is 5.12. The van der Waals surface area contributed by atoms with Crippen LogP contribution in [0.1, 0.15) is 32.1 Å². The molecule has 47 valence electrons. The van der Waals surface area contributed by atoms with E-state index in [-0.39, 0.29) is 0 Å². The van der Waals surface area contributed by atoms with Gasteiger partial charge in [0, 0.05) is 0 Å². The van der Waals surface area contributed by atoms with Crippen LogP contribution in [-0.4, -0.2) is 5.67 Å². The maximum absolute atomic E-state index is 12.8. The molecule has 0 amide bonds. The van der Waals surface area contributed by atoms with E-state index in [4.69, 9.17) is 0 Å². The Bertz CT molecular complexity index is 68.5. The summed E-state index contributed by atoms with van der Waals surface area (Å²) in [6.45, 7) is 3.46. The molecule has 1 aliphatic rings. The summed E-state index contributed by atoms with van der Waals surface area (Å²) < 4.78 is 12.8. The first-order chi connectivity index (χ1) is 3.71. The third-order valence-corrected chi connectivity index (χ3v) is 1.75. The van der Waals surface area contributed by atoms with E-state index in [0.29, 0.717) is 12.8 Å². The average molecular weight is 115 g/mol. The van der Waals surface area contributed by atoms with Crippen molar-refractivity contribution < 1.29 is 4.39 Å². The number of halogens is 1. The molecule has 0 nitrogen and oxygen atoms in total. The van der Waals surface area contributed by atoms with Gasteiger partial charge in [-0.2, -0.15) is 0 Å². The standard InChI is InChI=1S/C7H12F/c1-7(8)5-3-2-4-6-7/h1-6H2. The summed E-state index contributed by atoms with van der Waals surface area (Å²) in [6, 6.07) is 0. The molecular formula is C7H12F. The first-order valence-corrected chi connectivity index (χ1v) is 3.25. The van der Waals surface area contributed by atoms with Crippen LogP contribution in [0.5, 0.6) is 0 Å². The summed E-state index contributed by atoms with van der Waals surface area (Å²) >= 11 is 0. The first kappa shape index (κ1) is 6.06. The van der Waals surface area contributed by atoms with E-state index in [2.05, 4.69) is 6.92 Å². The fourth-order valence-electron chi connectivity index (χ4n) is 1.19. The van der Waals surface area contributed by atoms with Gasteiger partial charge in [0.05, 0.1) is 0 Å². The predicted molar refractivity (Wildman–Crippen MR) is 32.3 cm³/mol. The third-order valence-electron chi connectivity index (χ3n) is 1.75. The van der Waals surface area contributed by atoms with E-state index in [0.717, 1.165) is 12.8 Å². The molecule has 1 radical (unpaired) electrons. The Balaban J connectivity index is 2.33. The van der Waals surface area contributed by atoms with E-state index >= 15 is 0 Å². The van der Waals surface area contributed by atoms with Gasteiger partial charge in [0.2, 0.25) is 0 Å². The van der Waals surface area contributed by atoms with Crippen LogP contribution in [0.25, 0.3) is 0 Å². The van der Waals surface area contributed by atoms with Gasteiger partial charge in [-0.1, -0.05) is 19.3 Å². The van der Waals surface area contributed by atoms with E-state index in [1.165, 1.54) is 6.42 Å². The van der Waals surface area contributed by atoms with Crippen LogP contribution in [0, 0.1) is 6.92 Å². The number of alkyl halides is 1. The molecular weight excluding hydrogens is 103 g/mol. The molecule has 1 fully saturated rings. The summed E-state index contributed by atoms with van der Waals surface area (Å²) in [5.41, 5.74) is -1.07. The van der Waals surface area contributed by atoms with Gasteiger partial charge in [-0.15, -0.1) is 0 Å². The predicted octanol–water partition coefficient (Wildman–Crippen LogP) is 2.49. The Morgan fingerprint density at radius 2 is 1.62 bits per heavy atom. The Morgan fingerprint density at radius 1 is 1.12 bits per heavy atom. The normalized spacial score (nSPS) is 27.8. The lowest BCUT2D eigenvalue weighted by Gasteiger charge is -2.24. The minimum atomic E-state index is -1.07. The van der Waals surface area contributed by atoms with Gasteiger partial charge >= 0.3 is 0 Å². The van der Waals surface area contributed by atoms with Crippen LogP contribution >= 0.6 is 0 Å². The largest absolute Gasteiger partial charge is 0.244 e.